The minimum Gasteiger partial charge on any atom is -0.462 e. The maximum Gasteiger partial charge on any atom is 0.306 e. The van der Waals surface area contributed by atoms with Crippen molar-refractivity contribution in [3.8, 4) is 0 Å². The van der Waals surface area contributed by atoms with Crippen molar-refractivity contribution in [1.29, 1.82) is 0 Å². The van der Waals surface area contributed by atoms with Crippen LogP contribution in [0.2, 0.25) is 0 Å². The fourth-order valence-electron chi connectivity index (χ4n) is 10.5. The highest BCUT2D eigenvalue weighted by molar-refractivity contribution is 5.71. The van der Waals surface area contributed by atoms with E-state index >= 15 is 0 Å². The van der Waals surface area contributed by atoms with Crippen molar-refractivity contribution < 1.29 is 28.6 Å². The summed E-state index contributed by atoms with van der Waals surface area (Å²) in [7, 11) is 0. The SMILES string of the molecule is CCCCC/C=C\C/C=C\C/C=C\CCCCCCCCC(=O)OC(COC(=O)CCCCCCCCC/C=C\C/C=C\CCCCCC)COC(=O)CCCCCCCCCCCCCCCCC/C=C\CCCCCCCCCC. The summed E-state index contributed by atoms with van der Waals surface area (Å²) in [5.74, 6) is -0.881. The molecular formula is C76H136O6. The number of unbranched alkanes of at least 4 members (excludes halogenated alkanes) is 43. The molecule has 1 unspecified atom stereocenters. The van der Waals surface area contributed by atoms with E-state index in [0.717, 1.165) is 96.3 Å². The van der Waals surface area contributed by atoms with Crippen molar-refractivity contribution in [2.45, 2.75) is 380 Å². The minimum atomic E-state index is -0.788. The Hall–Kier alpha value is -3.15. The molecule has 0 N–H and O–H groups in total. The van der Waals surface area contributed by atoms with Gasteiger partial charge in [-0.05, 0) is 116 Å². The van der Waals surface area contributed by atoms with E-state index in [2.05, 4.69) is 93.7 Å². The van der Waals surface area contributed by atoms with Gasteiger partial charge >= 0.3 is 17.9 Å². The number of carbonyl (C=O) groups excluding carboxylic acids is 3. The van der Waals surface area contributed by atoms with Crippen LogP contribution in [0.15, 0.2) is 72.9 Å². The third-order valence-electron chi connectivity index (χ3n) is 15.9. The Morgan fingerprint density at radius 1 is 0.244 bits per heavy atom. The summed E-state index contributed by atoms with van der Waals surface area (Å²) in [5.41, 5.74) is 0. The Labute approximate surface area is 510 Å². The van der Waals surface area contributed by atoms with Crippen LogP contribution in [0, 0.1) is 0 Å². The summed E-state index contributed by atoms with van der Waals surface area (Å²) < 4.78 is 17.0. The van der Waals surface area contributed by atoms with Gasteiger partial charge in [0, 0.05) is 19.3 Å². The van der Waals surface area contributed by atoms with Gasteiger partial charge in [0.2, 0.25) is 0 Å². The van der Waals surface area contributed by atoms with E-state index in [0.29, 0.717) is 19.3 Å². The van der Waals surface area contributed by atoms with Gasteiger partial charge < -0.3 is 14.2 Å². The van der Waals surface area contributed by atoms with Crippen LogP contribution in [0.4, 0.5) is 0 Å². The largest absolute Gasteiger partial charge is 0.462 e. The first-order chi connectivity index (χ1) is 40.5. The number of ether oxygens (including phenoxy) is 3. The topological polar surface area (TPSA) is 78.9 Å². The highest BCUT2D eigenvalue weighted by atomic mass is 16.6. The molecule has 0 amide bonds. The summed E-state index contributed by atoms with van der Waals surface area (Å²) in [6.45, 7) is 6.63. The van der Waals surface area contributed by atoms with Crippen molar-refractivity contribution >= 4 is 17.9 Å². The van der Waals surface area contributed by atoms with Crippen LogP contribution < -0.4 is 0 Å². The molecule has 6 heteroatoms. The van der Waals surface area contributed by atoms with Gasteiger partial charge in [0.1, 0.15) is 13.2 Å². The molecule has 0 rings (SSSR count). The van der Waals surface area contributed by atoms with Crippen LogP contribution in [0.25, 0.3) is 0 Å². The van der Waals surface area contributed by atoms with Gasteiger partial charge in [0.25, 0.3) is 0 Å². The average molecular weight is 1150 g/mol. The predicted octanol–water partition coefficient (Wildman–Crippen LogP) is 24.8. The zero-order valence-electron chi connectivity index (χ0n) is 54.8. The lowest BCUT2D eigenvalue weighted by molar-refractivity contribution is -0.167. The second kappa shape index (κ2) is 70.3. The molecule has 0 aromatic heterocycles. The Morgan fingerprint density at radius 3 is 0.732 bits per heavy atom. The van der Waals surface area contributed by atoms with Crippen molar-refractivity contribution in [2.75, 3.05) is 13.2 Å². The van der Waals surface area contributed by atoms with Gasteiger partial charge in [-0.25, -0.2) is 0 Å². The first kappa shape index (κ1) is 78.8. The number of hydrogen-bond donors (Lipinski definition) is 0. The van der Waals surface area contributed by atoms with E-state index in [1.54, 1.807) is 0 Å². The molecule has 0 saturated heterocycles. The first-order valence-corrected chi connectivity index (χ1v) is 35.9. The zero-order valence-corrected chi connectivity index (χ0v) is 54.8. The third kappa shape index (κ3) is 67.6. The maximum atomic E-state index is 13.0. The Kier molecular flexibility index (Phi) is 67.6. The molecule has 0 aromatic rings. The lowest BCUT2D eigenvalue weighted by atomic mass is 10.0. The van der Waals surface area contributed by atoms with E-state index in [1.807, 2.05) is 0 Å². The third-order valence-corrected chi connectivity index (χ3v) is 15.9. The van der Waals surface area contributed by atoms with Gasteiger partial charge in [-0.1, -0.05) is 312 Å². The number of rotatable bonds is 66. The van der Waals surface area contributed by atoms with Crippen LogP contribution in [-0.4, -0.2) is 37.2 Å². The summed E-state index contributed by atoms with van der Waals surface area (Å²) >= 11 is 0. The minimum absolute atomic E-state index is 0.0809. The number of hydrogen-bond acceptors (Lipinski definition) is 6. The van der Waals surface area contributed by atoms with Crippen LogP contribution in [-0.2, 0) is 28.6 Å². The molecular weight excluding hydrogens is 1010 g/mol. The molecule has 0 aliphatic carbocycles. The van der Waals surface area contributed by atoms with Crippen molar-refractivity contribution in [1.82, 2.24) is 0 Å². The molecule has 0 aliphatic heterocycles. The fourth-order valence-corrected chi connectivity index (χ4v) is 10.5. The van der Waals surface area contributed by atoms with Crippen molar-refractivity contribution in [3.63, 3.8) is 0 Å². The molecule has 0 radical (unpaired) electrons. The molecule has 6 nitrogen and oxygen atoms in total. The quantitative estimate of drug-likeness (QED) is 0.0261. The van der Waals surface area contributed by atoms with E-state index in [1.165, 1.54) is 238 Å². The Bertz CT molecular complexity index is 1500. The van der Waals surface area contributed by atoms with Gasteiger partial charge in [0.05, 0.1) is 0 Å². The van der Waals surface area contributed by atoms with Crippen molar-refractivity contribution in [3.05, 3.63) is 72.9 Å². The maximum absolute atomic E-state index is 13.0. The second-order valence-electron chi connectivity index (χ2n) is 24.1. The molecule has 0 heterocycles. The second-order valence-corrected chi connectivity index (χ2v) is 24.1. The van der Waals surface area contributed by atoms with Gasteiger partial charge in [0.15, 0.2) is 6.10 Å². The summed E-state index contributed by atoms with van der Waals surface area (Å²) in [6.07, 6.45) is 92.1. The number of carbonyl (C=O) groups is 3. The van der Waals surface area contributed by atoms with Crippen molar-refractivity contribution in [2.24, 2.45) is 0 Å². The van der Waals surface area contributed by atoms with Gasteiger partial charge in [-0.2, -0.15) is 0 Å². The Morgan fingerprint density at radius 2 is 0.439 bits per heavy atom. The standard InChI is InChI=1S/C76H136O6/c1-4-7-10-13-16-19-22-25-28-31-34-35-36-37-38-39-40-41-43-45-48-51-54-57-60-63-66-69-75(78)81-72-73(71-80-74(77)68-65-62-59-56-53-50-47-44-33-30-27-24-21-18-15-12-9-6-3)82-76(79)70-67-64-61-58-55-52-49-46-42-32-29-26-23-20-17-14-11-8-5-2/h17,20-21,24,26,29-31,33-34,42,46,73H,4-16,18-19,22-23,25,27-28,32,35-41,43-45,47-72H2,1-3H3/b20-17-,24-21-,29-26-,33-30-,34-31-,46-42-. The highest BCUT2D eigenvalue weighted by Crippen LogP contribution is 2.17. The van der Waals surface area contributed by atoms with Crippen LogP contribution in [0.5, 0.6) is 0 Å². The Balaban J connectivity index is 4.32. The molecule has 0 spiro atoms. The molecule has 0 saturated carbocycles. The summed E-state index contributed by atoms with van der Waals surface area (Å²) in [6, 6.07) is 0. The molecule has 0 bridgehead atoms. The molecule has 0 fully saturated rings. The number of allylic oxidation sites excluding steroid dienone is 12. The molecule has 1 atom stereocenters. The van der Waals surface area contributed by atoms with E-state index in [9.17, 15) is 14.4 Å². The fraction of sp³-hybridized carbons (Fsp3) is 0.803. The molecule has 0 aromatic carbocycles. The van der Waals surface area contributed by atoms with E-state index in [-0.39, 0.29) is 31.1 Å². The van der Waals surface area contributed by atoms with E-state index in [4.69, 9.17) is 14.2 Å². The normalized spacial score (nSPS) is 12.5. The summed E-state index contributed by atoms with van der Waals surface area (Å²) in [4.78, 5) is 38.5. The molecule has 0 aliphatic rings. The van der Waals surface area contributed by atoms with Gasteiger partial charge in [-0.15, -0.1) is 0 Å². The first-order valence-electron chi connectivity index (χ1n) is 35.9. The lowest BCUT2D eigenvalue weighted by Crippen LogP contribution is -2.30. The van der Waals surface area contributed by atoms with Crippen LogP contribution in [0.3, 0.4) is 0 Å². The molecule has 82 heavy (non-hydrogen) atoms. The van der Waals surface area contributed by atoms with Crippen LogP contribution >= 0.6 is 0 Å². The average Bonchev–Trinajstić information content (AvgIpc) is 3.47. The van der Waals surface area contributed by atoms with Gasteiger partial charge in [-0.3, -0.25) is 14.4 Å². The monoisotopic (exact) mass is 1150 g/mol. The smallest absolute Gasteiger partial charge is 0.306 e. The van der Waals surface area contributed by atoms with E-state index < -0.39 is 6.10 Å². The lowest BCUT2D eigenvalue weighted by Gasteiger charge is -2.18. The summed E-state index contributed by atoms with van der Waals surface area (Å²) in [5, 5.41) is 0. The number of esters is 3. The highest BCUT2D eigenvalue weighted by Gasteiger charge is 2.19. The zero-order chi connectivity index (χ0) is 59.2. The predicted molar refractivity (Wildman–Crippen MR) is 358 cm³/mol. The molecule has 476 valence electrons. The van der Waals surface area contributed by atoms with Crippen LogP contribution in [0.1, 0.15) is 374 Å².